The number of aliphatic carboxylic acids is 1. The minimum absolute atomic E-state index is 0.299. The Bertz CT molecular complexity index is 208. The van der Waals surface area contributed by atoms with Crippen molar-refractivity contribution in [3.05, 3.63) is 0 Å². The first-order chi connectivity index (χ1) is 6.52. The third-order valence-corrected chi connectivity index (χ3v) is 2.30. The monoisotopic (exact) mass is 219 g/mol. The van der Waals surface area contributed by atoms with Crippen LogP contribution in [0, 0.1) is 0 Å². The fourth-order valence-corrected chi connectivity index (χ4v) is 1.38. The van der Waals surface area contributed by atoms with E-state index in [1.165, 1.54) is 0 Å². The molecule has 0 aromatic heterocycles. The van der Waals surface area contributed by atoms with Crippen molar-refractivity contribution in [1.29, 1.82) is 0 Å². The van der Waals surface area contributed by atoms with E-state index in [2.05, 4.69) is 17.9 Å². The SMILES string of the molecule is CCCC(NC(CC)C(=O)O)C(=O)S. The fraction of sp³-hybridized carbons (Fsp3) is 0.778. The van der Waals surface area contributed by atoms with Crippen molar-refractivity contribution < 1.29 is 14.7 Å². The van der Waals surface area contributed by atoms with Crippen molar-refractivity contribution in [3.63, 3.8) is 0 Å². The van der Waals surface area contributed by atoms with Gasteiger partial charge < -0.3 is 5.11 Å². The van der Waals surface area contributed by atoms with E-state index in [-0.39, 0.29) is 5.12 Å². The van der Waals surface area contributed by atoms with Gasteiger partial charge in [-0.05, 0) is 12.8 Å². The third-order valence-electron chi connectivity index (χ3n) is 1.98. The molecule has 0 fully saturated rings. The van der Waals surface area contributed by atoms with Crippen LogP contribution >= 0.6 is 12.6 Å². The average molecular weight is 219 g/mol. The molecule has 0 heterocycles. The van der Waals surface area contributed by atoms with Gasteiger partial charge in [0.2, 0.25) is 5.12 Å². The molecule has 2 unspecified atom stereocenters. The first-order valence-corrected chi connectivity index (χ1v) is 5.19. The summed E-state index contributed by atoms with van der Waals surface area (Å²) in [6.45, 7) is 3.70. The summed E-state index contributed by atoms with van der Waals surface area (Å²) < 4.78 is 0. The topological polar surface area (TPSA) is 66.4 Å². The van der Waals surface area contributed by atoms with E-state index < -0.39 is 18.1 Å². The molecule has 0 radical (unpaired) electrons. The summed E-state index contributed by atoms with van der Waals surface area (Å²) in [5.41, 5.74) is 0. The van der Waals surface area contributed by atoms with E-state index in [9.17, 15) is 9.59 Å². The summed E-state index contributed by atoms with van der Waals surface area (Å²) >= 11 is 3.71. The highest BCUT2D eigenvalue weighted by atomic mass is 32.1. The highest BCUT2D eigenvalue weighted by Crippen LogP contribution is 2.04. The van der Waals surface area contributed by atoms with Gasteiger partial charge in [0.05, 0.1) is 6.04 Å². The molecule has 0 bridgehead atoms. The summed E-state index contributed by atoms with van der Waals surface area (Å²) in [5, 5.41) is 11.3. The van der Waals surface area contributed by atoms with Gasteiger partial charge in [-0.2, -0.15) is 0 Å². The van der Waals surface area contributed by atoms with Gasteiger partial charge >= 0.3 is 5.97 Å². The Morgan fingerprint density at radius 2 is 1.93 bits per heavy atom. The summed E-state index contributed by atoms with van der Waals surface area (Å²) in [7, 11) is 0. The van der Waals surface area contributed by atoms with Crippen LogP contribution in [-0.2, 0) is 9.59 Å². The second-order valence-corrected chi connectivity index (χ2v) is 3.59. The Morgan fingerprint density at radius 1 is 1.36 bits per heavy atom. The van der Waals surface area contributed by atoms with Gasteiger partial charge in [-0.15, -0.1) is 12.6 Å². The maximum Gasteiger partial charge on any atom is 0.320 e. The predicted molar refractivity (Wildman–Crippen MR) is 57.5 cm³/mol. The van der Waals surface area contributed by atoms with Crippen LogP contribution in [-0.4, -0.2) is 28.3 Å². The molecule has 14 heavy (non-hydrogen) atoms. The second kappa shape index (κ2) is 6.84. The van der Waals surface area contributed by atoms with Crippen LogP contribution in [0.15, 0.2) is 0 Å². The zero-order chi connectivity index (χ0) is 11.1. The van der Waals surface area contributed by atoms with Crippen molar-refractivity contribution in [2.75, 3.05) is 0 Å². The Balaban J connectivity index is 4.25. The van der Waals surface area contributed by atoms with Gasteiger partial charge in [-0.25, -0.2) is 0 Å². The highest BCUT2D eigenvalue weighted by molar-refractivity contribution is 7.96. The fourth-order valence-electron chi connectivity index (χ4n) is 1.17. The van der Waals surface area contributed by atoms with Crippen molar-refractivity contribution in [2.45, 2.75) is 45.2 Å². The van der Waals surface area contributed by atoms with Crippen molar-refractivity contribution in [3.8, 4) is 0 Å². The summed E-state index contributed by atoms with van der Waals surface area (Å²) in [6, 6.07) is -1.12. The smallest absolute Gasteiger partial charge is 0.320 e. The molecule has 0 aliphatic rings. The maximum absolute atomic E-state index is 11.0. The minimum atomic E-state index is -0.928. The Labute approximate surface area is 89.5 Å². The second-order valence-electron chi connectivity index (χ2n) is 3.15. The molecule has 0 saturated heterocycles. The van der Waals surface area contributed by atoms with E-state index in [1.54, 1.807) is 6.92 Å². The van der Waals surface area contributed by atoms with Crippen LogP contribution in [0.1, 0.15) is 33.1 Å². The normalized spacial score (nSPS) is 14.8. The lowest BCUT2D eigenvalue weighted by atomic mass is 10.1. The summed E-state index contributed by atoms with van der Waals surface area (Å²) in [6.07, 6.45) is 1.89. The van der Waals surface area contributed by atoms with E-state index in [1.807, 2.05) is 6.92 Å². The molecule has 0 rings (SSSR count). The zero-order valence-electron chi connectivity index (χ0n) is 8.49. The van der Waals surface area contributed by atoms with E-state index >= 15 is 0 Å². The number of hydrogen-bond acceptors (Lipinski definition) is 3. The molecule has 5 heteroatoms. The molecule has 0 aliphatic carbocycles. The van der Waals surface area contributed by atoms with Crippen LogP contribution in [0.4, 0.5) is 0 Å². The largest absolute Gasteiger partial charge is 0.480 e. The van der Waals surface area contributed by atoms with Crippen LogP contribution in [0.5, 0.6) is 0 Å². The standard InChI is InChI=1S/C9H17NO3S/c1-3-5-7(9(13)14)10-6(4-2)8(11)12/h6-7,10H,3-5H2,1-2H3,(H,11,12)(H,13,14). The molecule has 2 N–H and O–H groups in total. The quantitative estimate of drug-likeness (QED) is 0.560. The van der Waals surface area contributed by atoms with Gasteiger partial charge in [0.25, 0.3) is 0 Å². The lowest BCUT2D eigenvalue weighted by Gasteiger charge is -2.19. The van der Waals surface area contributed by atoms with E-state index in [4.69, 9.17) is 5.11 Å². The minimum Gasteiger partial charge on any atom is -0.480 e. The number of hydrogen-bond donors (Lipinski definition) is 3. The Morgan fingerprint density at radius 3 is 2.21 bits per heavy atom. The molecule has 82 valence electrons. The number of thiol groups is 1. The van der Waals surface area contributed by atoms with Gasteiger partial charge in [0, 0.05) is 0 Å². The van der Waals surface area contributed by atoms with Gasteiger partial charge in [0.1, 0.15) is 6.04 Å². The zero-order valence-corrected chi connectivity index (χ0v) is 9.38. The molecule has 0 aromatic rings. The molecule has 2 atom stereocenters. The highest BCUT2D eigenvalue weighted by Gasteiger charge is 2.22. The summed E-state index contributed by atoms with van der Waals surface area (Å²) in [5.74, 6) is -0.928. The van der Waals surface area contributed by atoms with Gasteiger partial charge in [-0.1, -0.05) is 20.3 Å². The number of rotatable bonds is 7. The van der Waals surface area contributed by atoms with Crippen LogP contribution in [0.2, 0.25) is 0 Å². The molecule has 0 aliphatic heterocycles. The number of carboxylic acids is 1. The van der Waals surface area contributed by atoms with Crippen molar-refractivity contribution in [2.24, 2.45) is 0 Å². The molecule has 4 nitrogen and oxygen atoms in total. The molecule has 0 saturated carbocycles. The van der Waals surface area contributed by atoms with Crippen LogP contribution in [0.25, 0.3) is 0 Å². The maximum atomic E-state index is 11.0. The molecular formula is C9H17NO3S. The molecule has 0 aromatic carbocycles. The summed E-state index contributed by atoms with van der Waals surface area (Å²) in [4.78, 5) is 21.7. The lowest BCUT2D eigenvalue weighted by molar-refractivity contribution is -0.139. The first kappa shape index (κ1) is 13.4. The third kappa shape index (κ3) is 4.62. The lowest BCUT2D eigenvalue weighted by Crippen LogP contribution is -2.45. The van der Waals surface area contributed by atoms with Gasteiger partial charge in [0.15, 0.2) is 0 Å². The number of nitrogens with one attached hydrogen (secondary N) is 1. The molecule has 0 spiro atoms. The molecular weight excluding hydrogens is 202 g/mol. The van der Waals surface area contributed by atoms with Crippen LogP contribution in [0.3, 0.4) is 0 Å². The number of carboxylic acid groups (broad SMARTS) is 1. The molecule has 0 amide bonds. The van der Waals surface area contributed by atoms with Gasteiger partial charge in [-0.3, -0.25) is 14.9 Å². The van der Waals surface area contributed by atoms with E-state index in [0.717, 1.165) is 6.42 Å². The predicted octanol–water partition coefficient (Wildman–Crippen LogP) is 1.06. The van der Waals surface area contributed by atoms with Crippen molar-refractivity contribution >= 4 is 23.7 Å². The first-order valence-electron chi connectivity index (χ1n) is 4.74. The average Bonchev–Trinajstić information content (AvgIpc) is 2.11. The number of carbonyl (C=O) groups excluding carboxylic acids is 1. The number of carbonyl (C=O) groups is 2. The Kier molecular flexibility index (Phi) is 6.57. The van der Waals surface area contributed by atoms with Crippen molar-refractivity contribution in [1.82, 2.24) is 5.32 Å². The van der Waals surface area contributed by atoms with Crippen LogP contribution < -0.4 is 5.32 Å². The van der Waals surface area contributed by atoms with E-state index in [0.29, 0.717) is 12.8 Å². The Hall–Kier alpha value is -0.550.